The number of halogens is 2. The predicted octanol–water partition coefficient (Wildman–Crippen LogP) is 5.52. The van der Waals surface area contributed by atoms with Gasteiger partial charge in [-0.3, -0.25) is 4.79 Å². The van der Waals surface area contributed by atoms with E-state index in [4.69, 9.17) is 27.9 Å². The first-order valence-corrected chi connectivity index (χ1v) is 8.22. The second-order valence-corrected chi connectivity index (χ2v) is 6.42. The van der Waals surface area contributed by atoms with E-state index >= 15 is 0 Å². The molecule has 118 valence electrons. The van der Waals surface area contributed by atoms with Crippen molar-refractivity contribution in [1.29, 1.82) is 0 Å². The Kier molecular flexibility index (Phi) is 4.74. The summed E-state index contributed by atoms with van der Waals surface area (Å²) in [6.45, 7) is 1.44. The maximum Gasteiger partial charge on any atom is 0.303 e. The summed E-state index contributed by atoms with van der Waals surface area (Å²) in [5.41, 5.74) is 4.35. The number of ether oxygens (including phenoxy) is 1. The molecule has 2 aromatic carbocycles. The summed E-state index contributed by atoms with van der Waals surface area (Å²) < 4.78 is 5.42. The monoisotopic (exact) mass is 346 g/mol. The number of esters is 1. The highest BCUT2D eigenvalue weighted by Crippen LogP contribution is 2.40. The van der Waals surface area contributed by atoms with Crippen LogP contribution in [0.2, 0.25) is 10.0 Å². The molecule has 1 fully saturated rings. The highest BCUT2D eigenvalue weighted by molar-refractivity contribution is 6.31. The first-order valence-electron chi connectivity index (χ1n) is 7.47. The molecule has 0 saturated heterocycles. The van der Waals surface area contributed by atoms with Gasteiger partial charge in [-0.15, -0.1) is 0 Å². The van der Waals surface area contributed by atoms with Crippen LogP contribution >= 0.6 is 23.2 Å². The summed E-state index contributed by atoms with van der Waals surface area (Å²) >= 11 is 12.0. The van der Waals surface area contributed by atoms with Crippen LogP contribution in [0.5, 0.6) is 0 Å². The normalized spacial score (nSPS) is 16.7. The summed E-state index contributed by atoms with van der Waals surface area (Å²) in [5, 5.41) is 1.39. The molecule has 0 amide bonds. The third-order valence-corrected chi connectivity index (χ3v) is 4.46. The Hall–Kier alpha value is -1.77. The minimum atomic E-state index is -0.251. The van der Waals surface area contributed by atoms with Crippen LogP contribution in [0.25, 0.3) is 5.57 Å². The molecule has 3 rings (SSSR count). The molecule has 0 radical (unpaired) electrons. The minimum absolute atomic E-state index is 0.145. The van der Waals surface area contributed by atoms with Gasteiger partial charge in [-0.05, 0) is 59.4 Å². The highest BCUT2D eigenvalue weighted by atomic mass is 35.5. The molecule has 1 saturated carbocycles. The first-order chi connectivity index (χ1) is 11.0. The topological polar surface area (TPSA) is 26.3 Å². The van der Waals surface area contributed by atoms with Gasteiger partial charge in [-0.1, -0.05) is 47.5 Å². The van der Waals surface area contributed by atoms with Gasteiger partial charge in [0.25, 0.3) is 0 Å². The summed E-state index contributed by atoms with van der Waals surface area (Å²) in [4.78, 5) is 11.3. The Morgan fingerprint density at radius 3 is 1.78 bits per heavy atom. The van der Waals surface area contributed by atoms with Crippen molar-refractivity contribution in [3.8, 4) is 0 Å². The summed E-state index contributed by atoms with van der Waals surface area (Å²) in [6.07, 6.45) is 1.63. The van der Waals surface area contributed by atoms with Crippen molar-refractivity contribution in [2.75, 3.05) is 0 Å². The van der Waals surface area contributed by atoms with Gasteiger partial charge in [0, 0.05) is 17.0 Å². The van der Waals surface area contributed by atoms with E-state index in [1.165, 1.54) is 6.92 Å². The molecule has 0 spiro atoms. The van der Waals surface area contributed by atoms with Gasteiger partial charge in [0.2, 0.25) is 0 Å². The number of rotatable bonds is 3. The van der Waals surface area contributed by atoms with E-state index in [2.05, 4.69) is 0 Å². The zero-order valence-electron chi connectivity index (χ0n) is 12.7. The van der Waals surface area contributed by atoms with Crippen molar-refractivity contribution in [2.45, 2.75) is 25.9 Å². The number of carbonyl (C=O) groups is 1. The Morgan fingerprint density at radius 1 is 0.957 bits per heavy atom. The van der Waals surface area contributed by atoms with Crippen LogP contribution in [0, 0.1) is 0 Å². The molecule has 0 bridgehead atoms. The van der Waals surface area contributed by atoms with Gasteiger partial charge in [0.1, 0.15) is 6.10 Å². The maximum absolute atomic E-state index is 11.3. The van der Waals surface area contributed by atoms with Gasteiger partial charge in [0.15, 0.2) is 0 Å². The van der Waals surface area contributed by atoms with Crippen molar-refractivity contribution in [2.24, 2.45) is 0 Å². The number of benzene rings is 2. The van der Waals surface area contributed by atoms with Crippen molar-refractivity contribution in [3.05, 3.63) is 75.3 Å². The van der Waals surface area contributed by atoms with Crippen LogP contribution in [0.15, 0.2) is 54.1 Å². The largest absolute Gasteiger partial charge is 0.458 e. The molecule has 2 nitrogen and oxygen atoms in total. The third-order valence-electron chi connectivity index (χ3n) is 3.96. The summed E-state index contributed by atoms with van der Waals surface area (Å²) in [5.74, 6) is -0.251. The minimum Gasteiger partial charge on any atom is -0.458 e. The van der Waals surface area contributed by atoms with E-state index in [0.29, 0.717) is 10.0 Å². The third kappa shape index (κ3) is 3.60. The first kappa shape index (κ1) is 16.1. The molecule has 4 heteroatoms. The fraction of sp³-hybridized carbons (Fsp3) is 0.211. The van der Waals surface area contributed by atoms with Gasteiger partial charge in [-0.25, -0.2) is 0 Å². The van der Waals surface area contributed by atoms with Crippen molar-refractivity contribution in [3.63, 3.8) is 0 Å². The maximum atomic E-state index is 11.3. The van der Waals surface area contributed by atoms with Crippen LogP contribution in [0.1, 0.15) is 30.9 Å². The lowest BCUT2D eigenvalue weighted by atomic mass is 9.80. The Balaban J connectivity index is 2.08. The molecule has 1 aliphatic carbocycles. The SMILES string of the molecule is CC(=O)OC1CCC1=C(c1ccc(Cl)cc1)c1ccc(Cl)cc1. The van der Waals surface area contributed by atoms with E-state index in [0.717, 1.165) is 35.1 Å². The number of hydrogen-bond donors (Lipinski definition) is 0. The van der Waals surface area contributed by atoms with Crippen LogP contribution < -0.4 is 0 Å². The molecule has 0 heterocycles. The van der Waals surface area contributed by atoms with Crippen LogP contribution in [-0.4, -0.2) is 12.1 Å². The lowest BCUT2D eigenvalue weighted by Gasteiger charge is -2.32. The van der Waals surface area contributed by atoms with Gasteiger partial charge in [-0.2, -0.15) is 0 Å². The summed E-state index contributed by atoms with van der Waals surface area (Å²) in [6, 6.07) is 15.4. The van der Waals surface area contributed by atoms with Crippen molar-refractivity contribution >= 4 is 34.7 Å². The average Bonchev–Trinajstić information content (AvgIpc) is 2.51. The van der Waals surface area contributed by atoms with E-state index < -0.39 is 0 Å². The van der Waals surface area contributed by atoms with E-state index in [9.17, 15) is 4.79 Å². The summed E-state index contributed by atoms with van der Waals surface area (Å²) in [7, 11) is 0. The van der Waals surface area contributed by atoms with E-state index in [1.807, 2.05) is 48.5 Å². The lowest BCUT2D eigenvalue weighted by Crippen LogP contribution is -2.28. The lowest BCUT2D eigenvalue weighted by molar-refractivity contribution is -0.146. The van der Waals surface area contributed by atoms with Crippen molar-refractivity contribution < 1.29 is 9.53 Å². The van der Waals surface area contributed by atoms with Gasteiger partial charge >= 0.3 is 5.97 Å². The average molecular weight is 347 g/mol. The Bertz CT molecular complexity index is 698. The van der Waals surface area contributed by atoms with E-state index in [-0.39, 0.29) is 12.1 Å². The molecule has 0 aliphatic heterocycles. The fourth-order valence-electron chi connectivity index (χ4n) is 2.79. The molecule has 2 aromatic rings. The zero-order chi connectivity index (χ0) is 16.4. The molecule has 0 N–H and O–H groups in total. The van der Waals surface area contributed by atoms with Crippen LogP contribution in [0.4, 0.5) is 0 Å². The quantitative estimate of drug-likeness (QED) is 0.683. The molecular weight excluding hydrogens is 331 g/mol. The highest BCUT2D eigenvalue weighted by Gasteiger charge is 2.31. The molecule has 23 heavy (non-hydrogen) atoms. The Labute approximate surface area is 145 Å². The Morgan fingerprint density at radius 2 is 1.43 bits per heavy atom. The zero-order valence-corrected chi connectivity index (χ0v) is 14.2. The molecule has 0 aromatic heterocycles. The van der Waals surface area contributed by atoms with Crippen molar-refractivity contribution in [1.82, 2.24) is 0 Å². The molecule has 1 unspecified atom stereocenters. The smallest absolute Gasteiger partial charge is 0.303 e. The fourth-order valence-corrected chi connectivity index (χ4v) is 3.05. The number of carbonyl (C=O) groups excluding carboxylic acids is 1. The molecule has 1 atom stereocenters. The van der Waals surface area contributed by atoms with Crippen LogP contribution in [0.3, 0.4) is 0 Å². The predicted molar refractivity (Wildman–Crippen MR) is 93.7 cm³/mol. The second kappa shape index (κ2) is 6.77. The second-order valence-electron chi connectivity index (χ2n) is 5.55. The van der Waals surface area contributed by atoms with Crippen LogP contribution in [-0.2, 0) is 9.53 Å². The van der Waals surface area contributed by atoms with Gasteiger partial charge < -0.3 is 4.74 Å². The standard InChI is InChI=1S/C19H16Cl2O2/c1-12(22)23-18-11-10-17(18)19(13-2-6-15(20)7-3-13)14-4-8-16(21)9-5-14/h2-9,18H,10-11H2,1H3. The number of hydrogen-bond acceptors (Lipinski definition) is 2. The van der Waals surface area contributed by atoms with E-state index in [1.54, 1.807) is 0 Å². The van der Waals surface area contributed by atoms with Gasteiger partial charge in [0.05, 0.1) is 0 Å². The molecular formula is C19H16Cl2O2. The molecule has 1 aliphatic rings.